The highest BCUT2D eigenvalue weighted by Crippen LogP contribution is 2.26. The molecule has 0 aliphatic carbocycles. The van der Waals surface area contributed by atoms with Crippen LogP contribution >= 0.6 is 0 Å². The molecular formula is C11H11FN2. The minimum absolute atomic E-state index is 0.148. The van der Waals surface area contributed by atoms with E-state index >= 15 is 0 Å². The second kappa shape index (κ2) is 3.77. The number of nitrogens with zero attached hydrogens (tertiary/aromatic N) is 1. The van der Waals surface area contributed by atoms with E-state index in [4.69, 9.17) is 5.26 Å². The van der Waals surface area contributed by atoms with Crippen molar-refractivity contribution in [3.05, 3.63) is 35.1 Å². The van der Waals surface area contributed by atoms with Crippen LogP contribution in [0.5, 0.6) is 0 Å². The fourth-order valence-electron chi connectivity index (χ4n) is 1.87. The Hall–Kier alpha value is -1.40. The van der Waals surface area contributed by atoms with Crippen LogP contribution in [0.2, 0.25) is 0 Å². The Morgan fingerprint density at radius 2 is 2.36 bits per heavy atom. The van der Waals surface area contributed by atoms with Crippen molar-refractivity contribution in [1.29, 1.82) is 5.26 Å². The predicted octanol–water partition coefficient (Wildman–Crippen LogP) is 1.77. The molecule has 0 saturated carbocycles. The third-order valence-corrected chi connectivity index (χ3v) is 2.65. The van der Waals surface area contributed by atoms with E-state index in [1.54, 1.807) is 12.1 Å². The van der Waals surface area contributed by atoms with Gasteiger partial charge >= 0.3 is 0 Å². The summed E-state index contributed by atoms with van der Waals surface area (Å²) in [6.07, 6.45) is 0.950. The molecule has 1 aliphatic heterocycles. The minimum Gasteiger partial charge on any atom is -0.316 e. The summed E-state index contributed by atoms with van der Waals surface area (Å²) < 4.78 is 13.7. The Morgan fingerprint density at radius 3 is 3.00 bits per heavy atom. The molecule has 1 aromatic carbocycles. The summed E-state index contributed by atoms with van der Waals surface area (Å²) in [6.45, 7) is 1.74. The van der Waals surface area contributed by atoms with Crippen LogP contribution in [0.1, 0.15) is 23.5 Å². The molecule has 14 heavy (non-hydrogen) atoms. The third-order valence-electron chi connectivity index (χ3n) is 2.65. The lowest BCUT2D eigenvalue weighted by atomic mass is 9.96. The first-order valence-electron chi connectivity index (χ1n) is 4.72. The number of benzene rings is 1. The fourth-order valence-corrected chi connectivity index (χ4v) is 1.87. The number of nitriles is 1. The SMILES string of the molecule is N#Cc1cccc(C2CCNC2)c1F. The zero-order valence-corrected chi connectivity index (χ0v) is 7.76. The van der Waals surface area contributed by atoms with E-state index < -0.39 is 0 Å². The van der Waals surface area contributed by atoms with Gasteiger partial charge in [-0.05, 0) is 24.6 Å². The Kier molecular flexibility index (Phi) is 2.47. The highest BCUT2D eigenvalue weighted by Gasteiger charge is 2.20. The van der Waals surface area contributed by atoms with Crippen LogP contribution in [0.4, 0.5) is 4.39 Å². The lowest BCUT2D eigenvalue weighted by molar-refractivity contribution is 0.585. The summed E-state index contributed by atoms with van der Waals surface area (Å²) in [5.41, 5.74) is 0.823. The van der Waals surface area contributed by atoms with Gasteiger partial charge in [0.2, 0.25) is 0 Å². The van der Waals surface area contributed by atoms with Crippen molar-refractivity contribution >= 4 is 0 Å². The fraction of sp³-hybridized carbons (Fsp3) is 0.364. The number of hydrogen-bond donors (Lipinski definition) is 1. The van der Waals surface area contributed by atoms with Crippen LogP contribution in [0.15, 0.2) is 18.2 Å². The van der Waals surface area contributed by atoms with Crippen LogP contribution in [0, 0.1) is 17.1 Å². The molecule has 0 spiro atoms. The molecule has 72 valence electrons. The molecule has 1 fully saturated rings. The number of halogens is 1. The van der Waals surface area contributed by atoms with Gasteiger partial charge in [-0.15, -0.1) is 0 Å². The second-order valence-electron chi connectivity index (χ2n) is 3.51. The molecule has 2 nitrogen and oxygen atoms in total. The van der Waals surface area contributed by atoms with Crippen molar-refractivity contribution in [2.45, 2.75) is 12.3 Å². The summed E-state index contributed by atoms with van der Waals surface area (Å²) in [5.74, 6) is -0.119. The number of nitrogens with one attached hydrogen (secondary N) is 1. The Morgan fingerprint density at radius 1 is 1.50 bits per heavy atom. The van der Waals surface area contributed by atoms with Crippen LogP contribution < -0.4 is 5.32 Å². The van der Waals surface area contributed by atoms with E-state index in [2.05, 4.69) is 5.32 Å². The molecule has 1 atom stereocenters. The molecule has 2 rings (SSSR count). The molecule has 0 amide bonds. The zero-order valence-electron chi connectivity index (χ0n) is 7.76. The standard InChI is InChI=1S/C11H11FN2/c12-11-8(6-13)2-1-3-10(11)9-4-5-14-7-9/h1-3,9,14H,4-5,7H2. The maximum atomic E-state index is 13.7. The lowest BCUT2D eigenvalue weighted by Gasteiger charge is -2.10. The molecule has 1 N–H and O–H groups in total. The van der Waals surface area contributed by atoms with Crippen LogP contribution in [0.25, 0.3) is 0 Å². The molecule has 0 bridgehead atoms. The Bertz CT molecular complexity index is 375. The van der Waals surface area contributed by atoms with Gasteiger partial charge in [0, 0.05) is 12.5 Å². The molecule has 3 heteroatoms. The van der Waals surface area contributed by atoms with Crippen molar-refractivity contribution < 1.29 is 4.39 Å². The van der Waals surface area contributed by atoms with Crippen LogP contribution in [-0.2, 0) is 0 Å². The first-order valence-corrected chi connectivity index (χ1v) is 4.72. The summed E-state index contributed by atoms with van der Waals surface area (Å²) in [5, 5.41) is 11.9. The van der Waals surface area contributed by atoms with Crippen molar-refractivity contribution in [2.24, 2.45) is 0 Å². The van der Waals surface area contributed by atoms with Gasteiger partial charge < -0.3 is 5.32 Å². The summed E-state index contributed by atoms with van der Waals surface area (Å²) in [6, 6.07) is 6.90. The van der Waals surface area contributed by atoms with E-state index in [0.717, 1.165) is 19.5 Å². The van der Waals surface area contributed by atoms with Crippen molar-refractivity contribution in [3.8, 4) is 6.07 Å². The lowest BCUT2D eigenvalue weighted by Crippen LogP contribution is -2.09. The van der Waals surface area contributed by atoms with Gasteiger partial charge in [-0.2, -0.15) is 5.26 Å². The van der Waals surface area contributed by atoms with E-state index in [-0.39, 0.29) is 17.3 Å². The average molecular weight is 190 g/mol. The highest BCUT2D eigenvalue weighted by molar-refractivity contribution is 5.37. The molecule has 0 aromatic heterocycles. The minimum atomic E-state index is -0.344. The molecular weight excluding hydrogens is 179 g/mol. The Balaban J connectivity index is 2.38. The number of hydrogen-bond acceptors (Lipinski definition) is 2. The van der Waals surface area contributed by atoms with Gasteiger partial charge in [-0.1, -0.05) is 12.1 Å². The Labute approximate surface area is 82.4 Å². The van der Waals surface area contributed by atoms with Crippen molar-refractivity contribution in [1.82, 2.24) is 5.32 Å². The second-order valence-corrected chi connectivity index (χ2v) is 3.51. The van der Waals surface area contributed by atoms with Crippen molar-refractivity contribution in [3.63, 3.8) is 0 Å². The summed E-state index contributed by atoms with van der Waals surface area (Å²) in [7, 11) is 0. The van der Waals surface area contributed by atoms with Gasteiger partial charge in [-0.3, -0.25) is 0 Å². The average Bonchev–Trinajstić information content (AvgIpc) is 2.71. The normalized spacial score (nSPS) is 20.7. The highest BCUT2D eigenvalue weighted by atomic mass is 19.1. The van der Waals surface area contributed by atoms with Gasteiger partial charge in [0.1, 0.15) is 11.9 Å². The topological polar surface area (TPSA) is 35.8 Å². The smallest absolute Gasteiger partial charge is 0.144 e. The molecule has 0 radical (unpaired) electrons. The quantitative estimate of drug-likeness (QED) is 0.732. The van der Waals surface area contributed by atoms with E-state index in [0.29, 0.717) is 5.56 Å². The van der Waals surface area contributed by atoms with E-state index in [1.807, 2.05) is 6.07 Å². The van der Waals surface area contributed by atoms with Gasteiger partial charge in [0.05, 0.1) is 5.56 Å². The number of rotatable bonds is 1. The van der Waals surface area contributed by atoms with Crippen LogP contribution in [-0.4, -0.2) is 13.1 Å². The van der Waals surface area contributed by atoms with E-state index in [9.17, 15) is 4.39 Å². The van der Waals surface area contributed by atoms with Crippen LogP contribution in [0.3, 0.4) is 0 Å². The molecule has 1 heterocycles. The van der Waals surface area contributed by atoms with Gasteiger partial charge in [0.15, 0.2) is 0 Å². The zero-order chi connectivity index (χ0) is 9.97. The maximum Gasteiger partial charge on any atom is 0.144 e. The van der Waals surface area contributed by atoms with E-state index in [1.165, 1.54) is 6.07 Å². The molecule has 1 unspecified atom stereocenters. The maximum absolute atomic E-state index is 13.7. The largest absolute Gasteiger partial charge is 0.316 e. The predicted molar refractivity (Wildman–Crippen MR) is 51.3 cm³/mol. The molecule has 1 aromatic rings. The monoisotopic (exact) mass is 190 g/mol. The third kappa shape index (κ3) is 1.49. The van der Waals surface area contributed by atoms with Gasteiger partial charge in [0.25, 0.3) is 0 Å². The van der Waals surface area contributed by atoms with Gasteiger partial charge in [-0.25, -0.2) is 4.39 Å². The molecule has 1 saturated heterocycles. The van der Waals surface area contributed by atoms with Crippen molar-refractivity contribution in [2.75, 3.05) is 13.1 Å². The summed E-state index contributed by atoms with van der Waals surface area (Å²) >= 11 is 0. The molecule has 1 aliphatic rings. The summed E-state index contributed by atoms with van der Waals surface area (Å²) in [4.78, 5) is 0. The first kappa shape index (κ1) is 9.17. The first-order chi connectivity index (χ1) is 6.83.